The molecule has 0 bridgehead atoms. The van der Waals surface area contributed by atoms with Crippen molar-refractivity contribution in [3.8, 4) is 17.6 Å². The highest BCUT2D eigenvalue weighted by Gasteiger charge is 2.32. The molecule has 1 aliphatic heterocycles. The van der Waals surface area contributed by atoms with Crippen LogP contribution in [0.4, 0.5) is 0 Å². The Kier molecular flexibility index (Phi) is 8.84. The van der Waals surface area contributed by atoms with Gasteiger partial charge in [0.25, 0.3) is 6.29 Å². The van der Waals surface area contributed by atoms with Gasteiger partial charge in [-0.2, -0.15) is 5.26 Å². The molecule has 4 unspecified atom stereocenters. The largest absolute Gasteiger partial charge is 0.447 e. The second-order valence-electron chi connectivity index (χ2n) is 10.6. The van der Waals surface area contributed by atoms with Gasteiger partial charge in [-0.15, -0.1) is 0 Å². The summed E-state index contributed by atoms with van der Waals surface area (Å²) in [6.45, 7) is 15.8. The number of para-hydroxylation sites is 1. The van der Waals surface area contributed by atoms with Crippen LogP contribution in [0.1, 0.15) is 102 Å². The van der Waals surface area contributed by atoms with Crippen LogP contribution in [0.3, 0.4) is 0 Å². The van der Waals surface area contributed by atoms with E-state index in [2.05, 4.69) is 65.8 Å². The first-order valence-electron chi connectivity index (χ1n) is 12.8. The van der Waals surface area contributed by atoms with E-state index in [4.69, 9.17) is 9.47 Å². The summed E-state index contributed by atoms with van der Waals surface area (Å²) in [5, 5.41) is 9.19. The highest BCUT2D eigenvalue weighted by molar-refractivity contribution is 5.51. The Morgan fingerprint density at radius 1 is 1.06 bits per heavy atom. The molecule has 0 N–H and O–H groups in total. The number of hydrogen-bond donors (Lipinski definition) is 0. The van der Waals surface area contributed by atoms with Gasteiger partial charge in [0.15, 0.2) is 11.5 Å². The number of benzene rings is 2. The van der Waals surface area contributed by atoms with Crippen LogP contribution in [0.15, 0.2) is 48.0 Å². The summed E-state index contributed by atoms with van der Waals surface area (Å²) in [4.78, 5) is 0. The van der Waals surface area contributed by atoms with Gasteiger partial charge in [-0.25, -0.2) is 0 Å². The van der Waals surface area contributed by atoms with Crippen LogP contribution in [0.5, 0.6) is 11.5 Å². The predicted octanol–water partition coefficient (Wildman–Crippen LogP) is 8.88. The average molecular weight is 460 g/mol. The van der Waals surface area contributed by atoms with Crippen LogP contribution in [-0.2, 0) is 0 Å². The first-order valence-corrected chi connectivity index (χ1v) is 12.8. The summed E-state index contributed by atoms with van der Waals surface area (Å²) in [5.74, 6) is 4.13. The molecule has 0 aromatic heterocycles. The first-order chi connectivity index (χ1) is 16.2. The summed E-state index contributed by atoms with van der Waals surface area (Å²) < 4.78 is 12.7. The van der Waals surface area contributed by atoms with Crippen molar-refractivity contribution in [3.05, 3.63) is 70.3 Å². The van der Waals surface area contributed by atoms with Gasteiger partial charge in [-0.05, 0) is 100.0 Å². The molecule has 0 amide bonds. The minimum atomic E-state index is -0.466. The maximum atomic E-state index is 9.19. The van der Waals surface area contributed by atoms with E-state index in [-0.39, 0.29) is 0 Å². The van der Waals surface area contributed by atoms with Crippen molar-refractivity contribution in [1.29, 1.82) is 5.26 Å². The number of nitrogens with zero attached hydrogens (tertiary/aromatic N) is 1. The minimum absolute atomic E-state index is 0.442. The molecular formula is C31H41NO2. The highest BCUT2D eigenvalue weighted by Crippen LogP contribution is 2.48. The van der Waals surface area contributed by atoms with Crippen LogP contribution in [0.25, 0.3) is 0 Å². The summed E-state index contributed by atoms with van der Waals surface area (Å²) in [5.41, 5.74) is 5.39. The fourth-order valence-electron chi connectivity index (χ4n) is 5.00. The number of rotatable bonds is 10. The number of aryl methyl sites for hydroxylation is 1. The Labute approximate surface area is 206 Å². The Hall–Kier alpha value is -2.73. The number of nitriles is 1. The normalized spacial score (nSPS) is 18.0. The molecule has 1 heterocycles. The molecule has 0 saturated heterocycles. The Bertz CT molecular complexity index is 1050. The van der Waals surface area contributed by atoms with Gasteiger partial charge in [0.1, 0.15) is 0 Å². The molecule has 0 aliphatic carbocycles. The third-order valence-corrected chi connectivity index (χ3v) is 7.40. The van der Waals surface area contributed by atoms with Gasteiger partial charge < -0.3 is 9.47 Å². The summed E-state index contributed by atoms with van der Waals surface area (Å²) in [6.07, 6.45) is 6.44. The molecule has 2 aromatic rings. The maximum absolute atomic E-state index is 9.19. The zero-order valence-corrected chi connectivity index (χ0v) is 22.0. The third kappa shape index (κ3) is 6.23. The smallest absolute Gasteiger partial charge is 0.268 e. The topological polar surface area (TPSA) is 42.2 Å². The van der Waals surface area contributed by atoms with E-state index in [1.54, 1.807) is 0 Å². The summed E-state index contributed by atoms with van der Waals surface area (Å²) in [7, 11) is 0. The fraction of sp³-hybridized carbons (Fsp3) is 0.516. The minimum Gasteiger partial charge on any atom is -0.447 e. The van der Waals surface area contributed by atoms with Crippen LogP contribution >= 0.6 is 0 Å². The van der Waals surface area contributed by atoms with E-state index in [0.29, 0.717) is 29.2 Å². The van der Waals surface area contributed by atoms with Crippen molar-refractivity contribution in [2.24, 2.45) is 17.8 Å². The molecular weight excluding hydrogens is 418 g/mol. The molecule has 0 radical (unpaired) electrons. The summed E-state index contributed by atoms with van der Waals surface area (Å²) in [6, 6.07) is 14.2. The van der Waals surface area contributed by atoms with Gasteiger partial charge in [0, 0.05) is 11.1 Å². The molecule has 0 saturated carbocycles. The standard InChI is InChI=1S/C31H41NO2/c1-8-21(4)17-23(6)22(5)12-14-26(16-20(2)3)28-10-9-11-29-30(28)34-31(33-29)27-15-13-25(19-32)18-24(27)7/h8-11,13,15,18,20,22-23,26,31H,12,14,16-17H2,1-7H3/b21-8+. The van der Waals surface area contributed by atoms with Gasteiger partial charge in [0.05, 0.1) is 11.6 Å². The molecule has 0 fully saturated rings. The van der Waals surface area contributed by atoms with E-state index < -0.39 is 6.29 Å². The molecule has 3 heteroatoms. The summed E-state index contributed by atoms with van der Waals surface area (Å²) >= 11 is 0. The lowest BCUT2D eigenvalue weighted by molar-refractivity contribution is 0.0474. The Balaban J connectivity index is 1.79. The van der Waals surface area contributed by atoms with Gasteiger partial charge in [0.2, 0.25) is 0 Å². The average Bonchev–Trinajstić information content (AvgIpc) is 3.25. The van der Waals surface area contributed by atoms with E-state index in [9.17, 15) is 5.26 Å². The lowest BCUT2D eigenvalue weighted by Gasteiger charge is -2.25. The van der Waals surface area contributed by atoms with Crippen molar-refractivity contribution in [3.63, 3.8) is 0 Å². The molecule has 2 aromatic carbocycles. The second-order valence-corrected chi connectivity index (χ2v) is 10.6. The van der Waals surface area contributed by atoms with E-state index in [1.165, 1.54) is 24.0 Å². The fourth-order valence-corrected chi connectivity index (χ4v) is 5.00. The number of fused-ring (bicyclic) bond motifs is 1. The van der Waals surface area contributed by atoms with Crippen molar-refractivity contribution in [2.75, 3.05) is 0 Å². The number of hydrogen-bond acceptors (Lipinski definition) is 3. The Morgan fingerprint density at radius 3 is 2.47 bits per heavy atom. The third-order valence-electron chi connectivity index (χ3n) is 7.40. The maximum Gasteiger partial charge on any atom is 0.268 e. The van der Waals surface area contributed by atoms with Crippen LogP contribution in [0, 0.1) is 36.0 Å². The molecule has 4 atom stereocenters. The van der Waals surface area contributed by atoms with Crippen molar-refractivity contribution in [2.45, 2.75) is 86.4 Å². The second kappa shape index (κ2) is 11.6. The molecule has 34 heavy (non-hydrogen) atoms. The van der Waals surface area contributed by atoms with Gasteiger partial charge in [-0.1, -0.05) is 51.5 Å². The van der Waals surface area contributed by atoms with E-state index in [1.807, 2.05) is 31.2 Å². The van der Waals surface area contributed by atoms with Crippen molar-refractivity contribution >= 4 is 0 Å². The SMILES string of the molecule is C/C=C(\C)CC(C)C(C)CCC(CC(C)C)c1cccc2c1OC(c1ccc(C#N)cc1C)O2. The van der Waals surface area contributed by atoms with Crippen LogP contribution in [-0.4, -0.2) is 0 Å². The van der Waals surface area contributed by atoms with Crippen molar-refractivity contribution < 1.29 is 9.47 Å². The monoisotopic (exact) mass is 459 g/mol. The lowest BCUT2D eigenvalue weighted by Crippen LogP contribution is -2.13. The number of ether oxygens (including phenoxy) is 2. The zero-order chi connectivity index (χ0) is 24.8. The van der Waals surface area contributed by atoms with E-state index in [0.717, 1.165) is 35.5 Å². The zero-order valence-electron chi connectivity index (χ0n) is 22.0. The predicted molar refractivity (Wildman–Crippen MR) is 140 cm³/mol. The lowest BCUT2D eigenvalue weighted by atomic mass is 9.80. The first kappa shape index (κ1) is 25.9. The van der Waals surface area contributed by atoms with Gasteiger partial charge >= 0.3 is 0 Å². The van der Waals surface area contributed by atoms with E-state index >= 15 is 0 Å². The molecule has 3 rings (SSSR count). The van der Waals surface area contributed by atoms with Crippen molar-refractivity contribution in [1.82, 2.24) is 0 Å². The van der Waals surface area contributed by atoms with Gasteiger partial charge in [-0.3, -0.25) is 0 Å². The molecule has 3 nitrogen and oxygen atoms in total. The quantitative estimate of drug-likeness (QED) is 0.333. The molecule has 0 spiro atoms. The Morgan fingerprint density at radius 2 is 1.82 bits per heavy atom. The van der Waals surface area contributed by atoms with Crippen LogP contribution < -0.4 is 9.47 Å². The highest BCUT2D eigenvalue weighted by atomic mass is 16.7. The number of allylic oxidation sites excluding steroid dienone is 2. The van der Waals surface area contributed by atoms with Crippen LogP contribution in [0.2, 0.25) is 0 Å². The molecule has 182 valence electrons. The molecule has 1 aliphatic rings.